The first-order valence-electron chi connectivity index (χ1n) is 11.9. The molecule has 7 heteroatoms. The van der Waals surface area contributed by atoms with Crippen molar-refractivity contribution in [1.82, 2.24) is 5.32 Å². The van der Waals surface area contributed by atoms with Crippen LogP contribution in [0.1, 0.15) is 22.3 Å². The molecule has 4 aromatic rings. The van der Waals surface area contributed by atoms with Gasteiger partial charge in [0.05, 0.1) is 24.5 Å². The second-order valence-electron chi connectivity index (χ2n) is 8.27. The second-order valence-corrected chi connectivity index (χ2v) is 9.14. The standard InChI is InChI=1S/C30H27Cl2N3O2/c31-23-11-13-27(36)25(19-23)29(21-7-3-1-4-8-21)34-17-15-33-16-18-35-30(22-9-5-2-6-10-22)26-20-24(32)12-14-28(26)37/h1-14,19-20,33,36-37H,15-18H2. The topological polar surface area (TPSA) is 77.2 Å². The van der Waals surface area contributed by atoms with Crippen molar-refractivity contribution in [1.29, 1.82) is 0 Å². The highest BCUT2D eigenvalue weighted by atomic mass is 35.5. The molecule has 188 valence electrons. The van der Waals surface area contributed by atoms with Crippen molar-refractivity contribution < 1.29 is 10.2 Å². The van der Waals surface area contributed by atoms with Gasteiger partial charge in [-0.15, -0.1) is 0 Å². The van der Waals surface area contributed by atoms with E-state index in [4.69, 9.17) is 33.2 Å². The van der Waals surface area contributed by atoms with Crippen LogP contribution in [0.15, 0.2) is 107 Å². The summed E-state index contributed by atoms with van der Waals surface area (Å²) in [7, 11) is 0. The molecule has 0 saturated heterocycles. The largest absolute Gasteiger partial charge is 0.507 e. The van der Waals surface area contributed by atoms with E-state index in [0.717, 1.165) is 11.1 Å². The van der Waals surface area contributed by atoms with E-state index in [1.807, 2.05) is 60.7 Å². The van der Waals surface area contributed by atoms with Crippen molar-refractivity contribution in [2.45, 2.75) is 0 Å². The summed E-state index contributed by atoms with van der Waals surface area (Å²) in [4.78, 5) is 9.53. The van der Waals surface area contributed by atoms with Crippen molar-refractivity contribution in [3.63, 3.8) is 0 Å². The van der Waals surface area contributed by atoms with Crippen LogP contribution in [0, 0.1) is 0 Å². The fourth-order valence-electron chi connectivity index (χ4n) is 3.87. The van der Waals surface area contributed by atoms with Crippen LogP contribution < -0.4 is 5.32 Å². The number of halogens is 2. The normalized spacial score (nSPS) is 12.1. The summed E-state index contributed by atoms with van der Waals surface area (Å²) in [5.41, 5.74) is 4.36. The van der Waals surface area contributed by atoms with Crippen molar-refractivity contribution in [3.8, 4) is 11.5 Å². The molecule has 0 aromatic heterocycles. The van der Waals surface area contributed by atoms with Crippen molar-refractivity contribution in [2.24, 2.45) is 9.98 Å². The monoisotopic (exact) mass is 531 g/mol. The van der Waals surface area contributed by atoms with E-state index < -0.39 is 0 Å². The Kier molecular flexibility index (Phi) is 9.33. The summed E-state index contributed by atoms with van der Waals surface area (Å²) in [6, 6.07) is 29.3. The van der Waals surface area contributed by atoms with Gasteiger partial charge in [-0.3, -0.25) is 9.98 Å². The van der Waals surface area contributed by atoms with Crippen LogP contribution in [0.3, 0.4) is 0 Å². The molecule has 4 aromatic carbocycles. The molecule has 0 bridgehead atoms. The molecule has 0 radical (unpaired) electrons. The number of phenolic OH excluding ortho intramolecular Hbond substituents is 2. The first-order valence-corrected chi connectivity index (χ1v) is 12.7. The quantitative estimate of drug-likeness (QED) is 0.164. The van der Waals surface area contributed by atoms with Crippen LogP contribution >= 0.6 is 23.2 Å². The van der Waals surface area contributed by atoms with Gasteiger partial charge in [-0.05, 0) is 36.4 Å². The smallest absolute Gasteiger partial charge is 0.125 e. The van der Waals surface area contributed by atoms with Gasteiger partial charge in [-0.2, -0.15) is 0 Å². The number of hydrogen-bond donors (Lipinski definition) is 3. The van der Waals surface area contributed by atoms with E-state index in [-0.39, 0.29) is 11.5 Å². The first-order chi connectivity index (χ1) is 18.0. The van der Waals surface area contributed by atoms with Crippen molar-refractivity contribution in [3.05, 3.63) is 129 Å². The van der Waals surface area contributed by atoms with E-state index in [1.54, 1.807) is 36.4 Å². The molecule has 0 saturated carbocycles. The Morgan fingerprint density at radius 1 is 0.595 bits per heavy atom. The zero-order valence-electron chi connectivity index (χ0n) is 20.1. The maximum Gasteiger partial charge on any atom is 0.125 e. The van der Waals surface area contributed by atoms with E-state index in [9.17, 15) is 10.2 Å². The minimum Gasteiger partial charge on any atom is -0.507 e. The Bertz CT molecular complexity index is 1280. The Morgan fingerprint density at radius 2 is 1.00 bits per heavy atom. The van der Waals surface area contributed by atoms with Crippen LogP contribution in [0.25, 0.3) is 0 Å². The molecule has 3 N–H and O–H groups in total. The van der Waals surface area contributed by atoms with Crippen molar-refractivity contribution >= 4 is 34.6 Å². The maximum atomic E-state index is 10.4. The lowest BCUT2D eigenvalue weighted by molar-refractivity contribution is 0.473. The third-order valence-electron chi connectivity index (χ3n) is 5.64. The summed E-state index contributed by atoms with van der Waals surface area (Å²) in [5, 5.41) is 25.3. The van der Waals surface area contributed by atoms with E-state index in [0.29, 0.717) is 58.8 Å². The van der Waals surface area contributed by atoms with E-state index in [1.165, 1.54) is 0 Å². The third-order valence-corrected chi connectivity index (χ3v) is 6.11. The average molecular weight is 532 g/mol. The number of phenols is 2. The Hall–Kier alpha value is -3.64. The Balaban J connectivity index is 1.43. The van der Waals surface area contributed by atoms with Crippen LogP contribution in [-0.4, -0.2) is 47.8 Å². The predicted molar refractivity (Wildman–Crippen MR) is 153 cm³/mol. The molecule has 0 aliphatic carbocycles. The summed E-state index contributed by atoms with van der Waals surface area (Å²) in [6.45, 7) is 2.24. The van der Waals surface area contributed by atoms with Crippen molar-refractivity contribution in [2.75, 3.05) is 26.2 Å². The molecule has 0 spiro atoms. The zero-order chi connectivity index (χ0) is 26.0. The van der Waals surface area contributed by atoms with Gasteiger partial charge in [0.25, 0.3) is 0 Å². The molecule has 0 aliphatic rings. The lowest BCUT2D eigenvalue weighted by atomic mass is 10.0. The minimum absolute atomic E-state index is 0.131. The molecule has 4 rings (SSSR count). The highest BCUT2D eigenvalue weighted by Gasteiger charge is 2.13. The number of nitrogens with one attached hydrogen (secondary N) is 1. The zero-order valence-corrected chi connectivity index (χ0v) is 21.6. The molecule has 0 aliphatic heterocycles. The summed E-state index contributed by atoms with van der Waals surface area (Å²) >= 11 is 12.4. The van der Waals surface area contributed by atoms with Gasteiger partial charge in [0.1, 0.15) is 11.5 Å². The highest BCUT2D eigenvalue weighted by molar-refractivity contribution is 6.32. The van der Waals surface area contributed by atoms with E-state index >= 15 is 0 Å². The van der Waals surface area contributed by atoms with Crippen LogP contribution in [0.2, 0.25) is 10.0 Å². The molecule has 0 heterocycles. The van der Waals surface area contributed by atoms with E-state index in [2.05, 4.69) is 5.32 Å². The van der Waals surface area contributed by atoms with Gasteiger partial charge in [-0.1, -0.05) is 83.9 Å². The third kappa shape index (κ3) is 7.20. The first kappa shape index (κ1) is 26.4. The number of nitrogens with zero attached hydrogens (tertiary/aromatic N) is 2. The van der Waals surface area contributed by atoms with Gasteiger partial charge >= 0.3 is 0 Å². The second kappa shape index (κ2) is 13.1. The molecule has 0 fully saturated rings. The number of aliphatic imine (C=N–C) groups is 2. The lowest BCUT2D eigenvalue weighted by Crippen LogP contribution is -2.22. The fourth-order valence-corrected chi connectivity index (χ4v) is 4.21. The molecule has 5 nitrogen and oxygen atoms in total. The average Bonchev–Trinajstić information content (AvgIpc) is 2.92. The number of benzene rings is 4. The maximum absolute atomic E-state index is 10.4. The predicted octanol–water partition coefficient (Wildman–Crippen LogP) is 6.37. The van der Waals surface area contributed by atoms with Gasteiger partial charge in [0.15, 0.2) is 0 Å². The molecular weight excluding hydrogens is 505 g/mol. The summed E-state index contributed by atoms with van der Waals surface area (Å²) in [6.07, 6.45) is 0. The molecule has 0 atom stereocenters. The van der Waals surface area contributed by atoms with Gasteiger partial charge in [0, 0.05) is 45.4 Å². The van der Waals surface area contributed by atoms with Crippen LogP contribution in [-0.2, 0) is 0 Å². The highest BCUT2D eigenvalue weighted by Crippen LogP contribution is 2.26. The summed E-state index contributed by atoms with van der Waals surface area (Å²) in [5.74, 6) is 0.263. The Morgan fingerprint density at radius 3 is 1.41 bits per heavy atom. The SMILES string of the molecule is Oc1ccc(Cl)cc1C(=NCCNCCN=C(c1ccccc1)c1cc(Cl)ccc1O)c1ccccc1. The number of aromatic hydroxyl groups is 2. The molecule has 0 amide bonds. The van der Waals surface area contributed by atoms with Gasteiger partial charge < -0.3 is 15.5 Å². The number of rotatable bonds is 10. The molecule has 0 unspecified atom stereocenters. The van der Waals surface area contributed by atoms with Crippen LogP contribution in [0.4, 0.5) is 0 Å². The fraction of sp³-hybridized carbons (Fsp3) is 0.133. The Labute approximate surface area is 226 Å². The minimum atomic E-state index is 0.131. The molecule has 37 heavy (non-hydrogen) atoms. The van der Waals surface area contributed by atoms with Gasteiger partial charge in [0.2, 0.25) is 0 Å². The lowest BCUT2D eigenvalue weighted by Gasteiger charge is -2.11. The van der Waals surface area contributed by atoms with Crippen LogP contribution in [0.5, 0.6) is 11.5 Å². The molecular formula is C30H27Cl2N3O2. The van der Waals surface area contributed by atoms with Gasteiger partial charge in [-0.25, -0.2) is 0 Å². The number of hydrogen-bond acceptors (Lipinski definition) is 5. The summed E-state index contributed by atoms with van der Waals surface area (Å²) < 4.78 is 0.